The molecule has 0 saturated carbocycles. The van der Waals surface area contributed by atoms with Crippen LogP contribution in [0, 0.1) is 0 Å². The lowest BCUT2D eigenvalue weighted by atomic mass is 10.2. The highest BCUT2D eigenvalue weighted by atomic mass is 35.5. The molecule has 0 fully saturated rings. The molecule has 32 heavy (non-hydrogen) atoms. The number of rotatable bonds is 9. The number of ether oxygens (including phenoxy) is 1. The van der Waals surface area contributed by atoms with Crippen LogP contribution in [0.5, 0.6) is 0 Å². The molecule has 7 nitrogen and oxygen atoms in total. The minimum Gasteiger partial charge on any atom is -0.385 e. The van der Waals surface area contributed by atoms with Gasteiger partial charge < -0.3 is 14.6 Å². The number of nitrogens with one attached hydrogen (secondary N) is 1. The lowest BCUT2D eigenvalue weighted by Crippen LogP contribution is -2.16. The summed E-state index contributed by atoms with van der Waals surface area (Å²) in [6, 6.07) is 6.82. The number of hydrogen-bond acceptors (Lipinski definition) is 6. The fourth-order valence-electron chi connectivity index (χ4n) is 2.83. The Morgan fingerprint density at radius 1 is 1.22 bits per heavy atom. The van der Waals surface area contributed by atoms with E-state index in [1.54, 1.807) is 31.6 Å². The molecule has 0 bridgehead atoms. The third-order valence-electron chi connectivity index (χ3n) is 4.27. The maximum absolute atomic E-state index is 13.0. The Hall–Kier alpha value is -2.63. The first-order chi connectivity index (χ1) is 15.3. The number of amides is 1. The van der Waals surface area contributed by atoms with Gasteiger partial charge in [-0.15, -0.1) is 10.2 Å². The smallest absolute Gasteiger partial charge is 0.385 e. The third-order valence-corrected chi connectivity index (χ3v) is 5.57. The fourth-order valence-corrected chi connectivity index (χ4v) is 3.82. The van der Waals surface area contributed by atoms with Gasteiger partial charge in [0.15, 0.2) is 11.0 Å². The summed E-state index contributed by atoms with van der Waals surface area (Å²) in [5, 5.41) is 10.9. The molecule has 0 aliphatic rings. The van der Waals surface area contributed by atoms with Crippen molar-refractivity contribution in [3.05, 3.63) is 53.3 Å². The number of anilines is 1. The van der Waals surface area contributed by atoms with Crippen molar-refractivity contribution in [3.8, 4) is 11.4 Å². The van der Waals surface area contributed by atoms with Gasteiger partial charge in [-0.25, -0.2) is 0 Å². The van der Waals surface area contributed by atoms with Crippen molar-refractivity contribution in [2.45, 2.75) is 24.3 Å². The van der Waals surface area contributed by atoms with Crippen LogP contribution in [-0.2, 0) is 22.3 Å². The average Bonchev–Trinajstić information content (AvgIpc) is 3.16. The van der Waals surface area contributed by atoms with Crippen molar-refractivity contribution < 1.29 is 22.7 Å². The lowest BCUT2D eigenvalue weighted by molar-refractivity contribution is -0.137. The van der Waals surface area contributed by atoms with Gasteiger partial charge in [0.2, 0.25) is 5.91 Å². The van der Waals surface area contributed by atoms with E-state index in [-0.39, 0.29) is 11.4 Å². The first-order valence-corrected chi connectivity index (χ1v) is 10.8. The zero-order valence-corrected chi connectivity index (χ0v) is 18.5. The Labute approximate surface area is 191 Å². The molecular weight excluding hydrogens is 467 g/mol. The topological polar surface area (TPSA) is 81.9 Å². The van der Waals surface area contributed by atoms with Gasteiger partial charge >= 0.3 is 6.18 Å². The number of alkyl halides is 3. The number of hydrogen-bond donors (Lipinski definition) is 1. The molecule has 2 aromatic heterocycles. The zero-order valence-electron chi connectivity index (χ0n) is 16.9. The summed E-state index contributed by atoms with van der Waals surface area (Å²) in [5.74, 6) is 0.0733. The molecule has 0 aliphatic carbocycles. The molecular formula is C20H19ClF3N5O2S. The summed E-state index contributed by atoms with van der Waals surface area (Å²) >= 11 is 6.75. The molecule has 170 valence electrons. The number of benzene rings is 1. The number of methoxy groups -OCH3 is 1. The molecule has 0 aliphatic heterocycles. The number of aromatic nitrogens is 4. The van der Waals surface area contributed by atoms with Crippen LogP contribution in [-0.4, -0.2) is 45.1 Å². The number of carbonyl (C=O) groups is 1. The van der Waals surface area contributed by atoms with E-state index in [9.17, 15) is 18.0 Å². The molecule has 3 rings (SSSR count). The maximum Gasteiger partial charge on any atom is 0.417 e. The van der Waals surface area contributed by atoms with Crippen LogP contribution in [0.1, 0.15) is 12.0 Å². The lowest BCUT2D eigenvalue weighted by Gasteiger charge is -2.12. The summed E-state index contributed by atoms with van der Waals surface area (Å²) in [6.45, 7) is 1.10. The van der Waals surface area contributed by atoms with E-state index in [1.165, 1.54) is 6.07 Å². The second-order valence-corrected chi connectivity index (χ2v) is 7.92. The Kier molecular flexibility index (Phi) is 8.10. The number of halogens is 4. The summed E-state index contributed by atoms with van der Waals surface area (Å²) < 4.78 is 46.0. The first-order valence-electron chi connectivity index (χ1n) is 9.41. The molecule has 0 unspecified atom stereocenters. The van der Waals surface area contributed by atoms with Crippen LogP contribution >= 0.6 is 23.4 Å². The van der Waals surface area contributed by atoms with E-state index in [0.717, 1.165) is 29.5 Å². The Morgan fingerprint density at radius 3 is 2.66 bits per heavy atom. The molecule has 1 N–H and O–H groups in total. The number of nitrogens with zero attached hydrogens (tertiary/aromatic N) is 4. The predicted octanol–water partition coefficient (Wildman–Crippen LogP) is 4.78. The van der Waals surface area contributed by atoms with Crippen molar-refractivity contribution in [1.29, 1.82) is 0 Å². The molecule has 1 aromatic carbocycles. The average molecular weight is 486 g/mol. The fraction of sp³-hybridized carbons (Fsp3) is 0.300. The normalized spacial score (nSPS) is 11.5. The highest BCUT2D eigenvalue weighted by molar-refractivity contribution is 7.99. The monoisotopic (exact) mass is 485 g/mol. The van der Waals surface area contributed by atoms with Crippen LogP contribution in [0.2, 0.25) is 5.02 Å². The minimum atomic E-state index is -4.62. The Morgan fingerprint density at radius 2 is 1.97 bits per heavy atom. The van der Waals surface area contributed by atoms with E-state index in [2.05, 4.69) is 20.5 Å². The van der Waals surface area contributed by atoms with Crippen molar-refractivity contribution >= 4 is 35.0 Å². The van der Waals surface area contributed by atoms with E-state index in [4.69, 9.17) is 16.3 Å². The van der Waals surface area contributed by atoms with E-state index in [0.29, 0.717) is 30.6 Å². The molecule has 3 aromatic rings. The zero-order chi connectivity index (χ0) is 23.1. The number of carbonyl (C=O) groups excluding carboxylic acids is 1. The third kappa shape index (κ3) is 6.21. The van der Waals surface area contributed by atoms with Gasteiger partial charge in [0, 0.05) is 43.9 Å². The van der Waals surface area contributed by atoms with Crippen LogP contribution in [0.3, 0.4) is 0 Å². The molecule has 0 radical (unpaired) electrons. The second-order valence-electron chi connectivity index (χ2n) is 6.57. The maximum atomic E-state index is 13.0. The first kappa shape index (κ1) is 24.0. The summed E-state index contributed by atoms with van der Waals surface area (Å²) in [5.41, 5.74) is -0.182. The van der Waals surface area contributed by atoms with E-state index >= 15 is 0 Å². The number of thioether (sulfide) groups is 1. The minimum absolute atomic E-state index is 0.00589. The number of pyridine rings is 1. The van der Waals surface area contributed by atoms with E-state index in [1.807, 2.05) is 4.57 Å². The molecule has 0 saturated heterocycles. The van der Waals surface area contributed by atoms with Gasteiger partial charge in [0.05, 0.1) is 16.3 Å². The van der Waals surface area contributed by atoms with Crippen molar-refractivity contribution in [2.75, 3.05) is 24.8 Å². The highest BCUT2D eigenvalue weighted by Gasteiger charge is 2.33. The molecule has 0 spiro atoms. The van der Waals surface area contributed by atoms with Crippen LogP contribution in [0.25, 0.3) is 11.4 Å². The van der Waals surface area contributed by atoms with Gasteiger partial charge in [0.25, 0.3) is 0 Å². The quantitative estimate of drug-likeness (QED) is 0.347. The summed E-state index contributed by atoms with van der Waals surface area (Å²) in [6.07, 6.45) is -0.623. The van der Waals surface area contributed by atoms with Crippen molar-refractivity contribution in [2.24, 2.45) is 0 Å². The van der Waals surface area contributed by atoms with Crippen LogP contribution in [0.4, 0.5) is 18.9 Å². The summed E-state index contributed by atoms with van der Waals surface area (Å²) in [4.78, 5) is 16.3. The van der Waals surface area contributed by atoms with Crippen LogP contribution < -0.4 is 5.32 Å². The van der Waals surface area contributed by atoms with Crippen LogP contribution in [0.15, 0.2) is 47.9 Å². The Balaban J connectivity index is 1.71. The Bertz CT molecular complexity index is 1060. The van der Waals surface area contributed by atoms with Gasteiger partial charge in [-0.05, 0) is 36.8 Å². The second kappa shape index (κ2) is 10.8. The molecule has 2 heterocycles. The molecule has 12 heteroatoms. The molecule has 0 atom stereocenters. The van der Waals surface area contributed by atoms with Crippen molar-refractivity contribution in [1.82, 2.24) is 19.7 Å². The van der Waals surface area contributed by atoms with Crippen molar-refractivity contribution in [3.63, 3.8) is 0 Å². The highest BCUT2D eigenvalue weighted by Crippen LogP contribution is 2.36. The summed E-state index contributed by atoms with van der Waals surface area (Å²) in [7, 11) is 1.61. The van der Waals surface area contributed by atoms with Gasteiger partial charge in [-0.1, -0.05) is 23.4 Å². The van der Waals surface area contributed by atoms with Gasteiger partial charge in [-0.2, -0.15) is 13.2 Å². The largest absolute Gasteiger partial charge is 0.417 e. The molecule has 1 amide bonds. The predicted molar refractivity (Wildman–Crippen MR) is 116 cm³/mol. The standard InChI is InChI=1S/C20H19ClF3N5O2S/c1-31-10-2-9-29-18(13-5-7-25-8-6-13)27-28-19(29)32-12-17(30)26-14-3-4-16(21)15(11-14)20(22,23)24/h3-8,11H,2,9-10,12H2,1H3,(H,26,30). The SMILES string of the molecule is COCCCn1c(SCC(=O)Nc2ccc(Cl)c(C(F)(F)F)c2)nnc1-c1ccncc1. The van der Waals surface area contributed by atoms with Gasteiger partial charge in [-0.3, -0.25) is 9.78 Å². The van der Waals surface area contributed by atoms with Gasteiger partial charge in [0.1, 0.15) is 0 Å². The van der Waals surface area contributed by atoms with E-state index < -0.39 is 22.7 Å².